The first-order valence-corrected chi connectivity index (χ1v) is 7.97. The summed E-state index contributed by atoms with van der Waals surface area (Å²) in [6, 6.07) is 0. The van der Waals surface area contributed by atoms with Gasteiger partial charge in [-0.05, 0) is 12.8 Å². The monoisotopic (exact) mass is 280 g/mol. The number of ether oxygens (including phenoxy) is 1. The number of hydrogen-bond acceptors (Lipinski definition) is 4. The SMILES string of the molecule is CCCN(CCC(=O)NCCCOC)S(C)(=O)=O. The van der Waals surface area contributed by atoms with Crippen LogP contribution in [0.25, 0.3) is 0 Å². The van der Waals surface area contributed by atoms with Gasteiger partial charge in [-0.3, -0.25) is 4.79 Å². The summed E-state index contributed by atoms with van der Waals surface area (Å²) in [6.45, 7) is 3.76. The van der Waals surface area contributed by atoms with Crippen molar-refractivity contribution in [3.05, 3.63) is 0 Å². The minimum Gasteiger partial charge on any atom is -0.385 e. The lowest BCUT2D eigenvalue weighted by Gasteiger charge is -2.18. The van der Waals surface area contributed by atoms with E-state index in [1.54, 1.807) is 7.11 Å². The van der Waals surface area contributed by atoms with Crippen LogP contribution in [0.15, 0.2) is 0 Å². The molecule has 1 amide bonds. The maximum absolute atomic E-state index is 11.5. The average molecular weight is 280 g/mol. The maximum atomic E-state index is 11.5. The lowest BCUT2D eigenvalue weighted by Crippen LogP contribution is -2.35. The Kier molecular flexibility index (Phi) is 8.95. The van der Waals surface area contributed by atoms with Crippen LogP contribution in [0.2, 0.25) is 0 Å². The van der Waals surface area contributed by atoms with E-state index in [1.807, 2.05) is 6.92 Å². The van der Waals surface area contributed by atoms with E-state index in [-0.39, 0.29) is 18.9 Å². The van der Waals surface area contributed by atoms with Crippen LogP contribution in [0.1, 0.15) is 26.2 Å². The Bertz CT molecular complexity index is 330. The van der Waals surface area contributed by atoms with Crippen LogP contribution >= 0.6 is 0 Å². The summed E-state index contributed by atoms with van der Waals surface area (Å²) in [4.78, 5) is 11.5. The second-order valence-corrected chi connectivity index (χ2v) is 6.09. The fourth-order valence-electron chi connectivity index (χ4n) is 1.45. The van der Waals surface area contributed by atoms with Crippen molar-refractivity contribution in [2.75, 3.05) is 39.6 Å². The summed E-state index contributed by atoms with van der Waals surface area (Å²) in [5.41, 5.74) is 0. The van der Waals surface area contributed by atoms with Gasteiger partial charge in [-0.1, -0.05) is 6.92 Å². The van der Waals surface area contributed by atoms with E-state index in [0.717, 1.165) is 12.8 Å². The molecule has 0 aliphatic heterocycles. The lowest BCUT2D eigenvalue weighted by molar-refractivity contribution is -0.121. The van der Waals surface area contributed by atoms with Crippen molar-refractivity contribution in [3.63, 3.8) is 0 Å². The molecular weight excluding hydrogens is 256 g/mol. The third-order valence-electron chi connectivity index (χ3n) is 2.38. The molecule has 6 nitrogen and oxygen atoms in total. The number of rotatable bonds is 10. The Morgan fingerprint density at radius 3 is 2.50 bits per heavy atom. The minimum absolute atomic E-state index is 0.129. The zero-order chi connectivity index (χ0) is 14.0. The quantitative estimate of drug-likeness (QED) is 0.580. The van der Waals surface area contributed by atoms with E-state index in [0.29, 0.717) is 19.7 Å². The Hall–Kier alpha value is -0.660. The predicted molar refractivity (Wildman–Crippen MR) is 70.8 cm³/mol. The number of sulfonamides is 1. The largest absolute Gasteiger partial charge is 0.385 e. The molecule has 0 aromatic carbocycles. The van der Waals surface area contributed by atoms with Crippen LogP contribution in [0.5, 0.6) is 0 Å². The van der Waals surface area contributed by atoms with E-state index in [1.165, 1.54) is 10.6 Å². The highest BCUT2D eigenvalue weighted by atomic mass is 32.2. The summed E-state index contributed by atoms with van der Waals surface area (Å²) in [5.74, 6) is -0.129. The molecule has 0 unspecified atom stereocenters. The number of nitrogens with one attached hydrogen (secondary N) is 1. The molecular formula is C11H24N2O4S. The third kappa shape index (κ3) is 8.43. The first kappa shape index (κ1) is 17.3. The van der Waals surface area contributed by atoms with Crippen molar-refractivity contribution in [2.24, 2.45) is 0 Å². The van der Waals surface area contributed by atoms with Gasteiger partial charge in [0.25, 0.3) is 0 Å². The van der Waals surface area contributed by atoms with E-state index >= 15 is 0 Å². The summed E-state index contributed by atoms with van der Waals surface area (Å²) in [5, 5.41) is 2.73. The zero-order valence-corrected chi connectivity index (χ0v) is 12.3. The van der Waals surface area contributed by atoms with Gasteiger partial charge in [0.1, 0.15) is 0 Å². The molecule has 0 atom stereocenters. The first-order valence-electron chi connectivity index (χ1n) is 6.12. The number of amides is 1. The molecule has 7 heteroatoms. The summed E-state index contributed by atoms with van der Waals surface area (Å²) < 4.78 is 29.0. The van der Waals surface area contributed by atoms with Crippen LogP contribution in [0.4, 0.5) is 0 Å². The normalized spacial score (nSPS) is 11.8. The van der Waals surface area contributed by atoms with Gasteiger partial charge in [0, 0.05) is 39.8 Å². The highest BCUT2D eigenvalue weighted by Crippen LogP contribution is 2.01. The second-order valence-electron chi connectivity index (χ2n) is 4.11. The first-order chi connectivity index (χ1) is 8.41. The molecule has 108 valence electrons. The smallest absolute Gasteiger partial charge is 0.221 e. The Labute approximate surface area is 110 Å². The molecule has 0 fully saturated rings. The molecule has 0 saturated heterocycles. The van der Waals surface area contributed by atoms with E-state index in [2.05, 4.69) is 5.32 Å². The van der Waals surface area contributed by atoms with Crippen LogP contribution in [-0.2, 0) is 19.6 Å². The van der Waals surface area contributed by atoms with Crippen LogP contribution in [-0.4, -0.2) is 58.2 Å². The van der Waals surface area contributed by atoms with E-state index in [4.69, 9.17) is 4.74 Å². The maximum Gasteiger partial charge on any atom is 0.221 e. The number of carbonyl (C=O) groups excluding carboxylic acids is 1. The average Bonchev–Trinajstić information content (AvgIpc) is 2.28. The highest BCUT2D eigenvalue weighted by Gasteiger charge is 2.16. The Morgan fingerprint density at radius 2 is 2.00 bits per heavy atom. The van der Waals surface area contributed by atoms with Crippen molar-refractivity contribution in [1.29, 1.82) is 0 Å². The van der Waals surface area contributed by atoms with E-state index < -0.39 is 10.0 Å². The fourth-order valence-corrected chi connectivity index (χ4v) is 2.39. The topological polar surface area (TPSA) is 75.7 Å². The minimum atomic E-state index is -3.22. The summed E-state index contributed by atoms with van der Waals surface area (Å²) in [6.07, 6.45) is 2.86. The fraction of sp³-hybridized carbons (Fsp3) is 0.909. The molecule has 18 heavy (non-hydrogen) atoms. The molecule has 0 aromatic rings. The molecule has 0 bridgehead atoms. The van der Waals surface area contributed by atoms with Gasteiger partial charge in [0.15, 0.2) is 0 Å². The van der Waals surface area contributed by atoms with Crippen molar-refractivity contribution in [2.45, 2.75) is 26.2 Å². The van der Waals surface area contributed by atoms with E-state index in [9.17, 15) is 13.2 Å². The van der Waals surface area contributed by atoms with Crippen molar-refractivity contribution >= 4 is 15.9 Å². The summed E-state index contributed by atoms with van der Waals surface area (Å²) in [7, 11) is -1.61. The third-order valence-corrected chi connectivity index (χ3v) is 3.68. The zero-order valence-electron chi connectivity index (χ0n) is 11.4. The molecule has 0 radical (unpaired) electrons. The van der Waals surface area contributed by atoms with Gasteiger partial charge in [-0.25, -0.2) is 12.7 Å². The number of nitrogens with zero attached hydrogens (tertiary/aromatic N) is 1. The van der Waals surface area contributed by atoms with Crippen LogP contribution < -0.4 is 5.32 Å². The lowest BCUT2D eigenvalue weighted by atomic mass is 10.3. The van der Waals surface area contributed by atoms with Crippen LogP contribution in [0.3, 0.4) is 0 Å². The van der Waals surface area contributed by atoms with Crippen molar-refractivity contribution in [1.82, 2.24) is 9.62 Å². The number of hydrogen-bond donors (Lipinski definition) is 1. The molecule has 0 rings (SSSR count). The second kappa shape index (κ2) is 9.29. The molecule has 0 aromatic heterocycles. The molecule has 0 heterocycles. The molecule has 1 N–H and O–H groups in total. The van der Waals surface area contributed by atoms with Gasteiger partial charge in [0.2, 0.25) is 15.9 Å². The van der Waals surface area contributed by atoms with Gasteiger partial charge >= 0.3 is 0 Å². The number of methoxy groups -OCH3 is 1. The van der Waals surface area contributed by atoms with Crippen molar-refractivity contribution < 1.29 is 17.9 Å². The highest BCUT2D eigenvalue weighted by molar-refractivity contribution is 7.88. The molecule has 0 saturated carbocycles. The standard InChI is InChI=1S/C11H24N2O4S/c1-4-8-13(18(3,15)16)9-6-11(14)12-7-5-10-17-2/h4-10H2,1-3H3,(H,12,14). The van der Waals surface area contributed by atoms with Crippen molar-refractivity contribution in [3.8, 4) is 0 Å². The predicted octanol–water partition coefficient (Wildman–Crippen LogP) is 0.201. The molecule has 0 aliphatic carbocycles. The molecule has 0 aliphatic rings. The Morgan fingerprint density at radius 1 is 1.33 bits per heavy atom. The van der Waals surface area contributed by atoms with Gasteiger partial charge in [0.05, 0.1) is 6.26 Å². The van der Waals surface area contributed by atoms with Gasteiger partial charge < -0.3 is 10.1 Å². The molecule has 0 spiro atoms. The summed E-state index contributed by atoms with van der Waals surface area (Å²) >= 11 is 0. The Balaban J connectivity index is 3.93. The van der Waals surface area contributed by atoms with Crippen LogP contribution in [0, 0.1) is 0 Å². The number of carbonyl (C=O) groups is 1. The van der Waals surface area contributed by atoms with Gasteiger partial charge in [-0.15, -0.1) is 0 Å². The van der Waals surface area contributed by atoms with Gasteiger partial charge in [-0.2, -0.15) is 0 Å².